The van der Waals surface area contributed by atoms with Crippen molar-refractivity contribution in [2.75, 3.05) is 0 Å². The predicted molar refractivity (Wildman–Crippen MR) is 51.5 cm³/mol. The maximum atomic E-state index is 11.2. The first-order valence-electron chi connectivity index (χ1n) is 4.16. The Morgan fingerprint density at radius 3 is 2.53 bits per heavy atom. The van der Waals surface area contributed by atoms with E-state index in [0.717, 1.165) is 0 Å². The highest BCUT2D eigenvalue weighted by atomic mass is 16.3. The molecule has 0 saturated heterocycles. The summed E-state index contributed by atoms with van der Waals surface area (Å²) in [5.74, 6) is -0.831. The van der Waals surface area contributed by atoms with Crippen LogP contribution in [-0.2, 0) is 0 Å². The zero-order chi connectivity index (χ0) is 10.7. The number of para-hydroxylation sites is 1. The molecule has 0 spiro atoms. The molecule has 0 N–H and O–H groups in total. The molecule has 0 aliphatic carbocycles. The molecule has 1 aromatic heterocycles. The van der Waals surface area contributed by atoms with E-state index in [2.05, 4.69) is 15.4 Å². The largest absolute Gasteiger partial charge is 0.319 e. The fourth-order valence-corrected chi connectivity index (χ4v) is 1.22. The minimum atomic E-state index is -0.831. The van der Waals surface area contributed by atoms with E-state index in [-0.39, 0.29) is 5.56 Å². The van der Waals surface area contributed by atoms with E-state index < -0.39 is 5.91 Å². The van der Waals surface area contributed by atoms with E-state index >= 15 is 0 Å². The molecule has 2 rings (SSSR count). The number of amides is 1. The summed E-state index contributed by atoms with van der Waals surface area (Å²) in [6.45, 7) is 0. The van der Waals surface area contributed by atoms with Gasteiger partial charge in [0.1, 0.15) is 0 Å². The third kappa shape index (κ3) is 1.64. The van der Waals surface area contributed by atoms with Gasteiger partial charge < -0.3 is 0 Å². The number of carbonyl (C=O) groups excluding carboxylic acids is 1. The van der Waals surface area contributed by atoms with Gasteiger partial charge in [-0.1, -0.05) is 12.1 Å². The lowest BCUT2D eigenvalue weighted by molar-refractivity contribution is 0.100. The van der Waals surface area contributed by atoms with Crippen molar-refractivity contribution in [1.82, 2.24) is 15.0 Å². The number of nitrogens with zero attached hydrogens (tertiary/aromatic N) is 4. The number of aromatic nitrogens is 3. The van der Waals surface area contributed by atoms with Crippen LogP contribution in [0.2, 0.25) is 0 Å². The molecule has 0 fully saturated rings. The lowest BCUT2D eigenvalue weighted by Crippen LogP contribution is -2.06. The summed E-state index contributed by atoms with van der Waals surface area (Å²) in [6, 6.07) is 6.51. The molecule has 0 bridgehead atoms. The van der Waals surface area contributed by atoms with Crippen molar-refractivity contribution in [2.45, 2.75) is 0 Å². The molecule has 1 amide bonds. The number of hydrogen-bond acceptors (Lipinski definition) is 4. The maximum Gasteiger partial charge on any atom is 0.319 e. The van der Waals surface area contributed by atoms with Crippen molar-refractivity contribution in [3.63, 3.8) is 0 Å². The second-order valence-corrected chi connectivity index (χ2v) is 2.73. The topological polar surface area (TPSA) is 77.2 Å². The highest BCUT2D eigenvalue weighted by Crippen LogP contribution is 2.13. The van der Waals surface area contributed by atoms with Crippen molar-refractivity contribution in [1.29, 1.82) is 0 Å². The molecule has 1 heterocycles. The molecule has 0 atom stereocenters. The summed E-state index contributed by atoms with van der Waals surface area (Å²) in [4.78, 5) is 22.6. The minimum Gasteiger partial charge on any atom is -0.263 e. The van der Waals surface area contributed by atoms with Gasteiger partial charge in [-0.2, -0.15) is 15.0 Å². The summed E-state index contributed by atoms with van der Waals surface area (Å²) >= 11 is 0. The number of rotatable bonds is 2. The molecular formula is C9H6N4O2. The van der Waals surface area contributed by atoms with Gasteiger partial charge in [0.2, 0.25) is 0 Å². The van der Waals surface area contributed by atoms with Gasteiger partial charge in [-0.3, -0.25) is 4.79 Å². The molecule has 74 valence electrons. The fourth-order valence-electron chi connectivity index (χ4n) is 1.22. The van der Waals surface area contributed by atoms with E-state index in [4.69, 9.17) is 0 Å². The van der Waals surface area contributed by atoms with Gasteiger partial charge in [0.05, 0.1) is 23.6 Å². The van der Waals surface area contributed by atoms with Crippen LogP contribution in [0.15, 0.2) is 41.8 Å². The van der Waals surface area contributed by atoms with Crippen molar-refractivity contribution < 1.29 is 4.79 Å². The first-order chi connectivity index (χ1) is 7.33. The molecule has 0 saturated carbocycles. The first kappa shape index (κ1) is 9.20. The van der Waals surface area contributed by atoms with Crippen LogP contribution < -0.4 is 0 Å². The van der Waals surface area contributed by atoms with Crippen LogP contribution in [0, 0.1) is 4.91 Å². The Bertz CT molecular complexity index is 493. The molecular weight excluding hydrogens is 196 g/mol. The molecule has 0 radical (unpaired) electrons. The molecule has 6 heteroatoms. The zero-order valence-corrected chi connectivity index (χ0v) is 7.57. The van der Waals surface area contributed by atoms with Crippen LogP contribution in [0.3, 0.4) is 0 Å². The van der Waals surface area contributed by atoms with Crippen molar-refractivity contribution in [3.05, 3.63) is 47.1 Å². The third-order valence-corrected chi connectivity index (χ3v) is 1.85. The van der Waals surface area contributed by atoms with E-state index in [1.54, 1.807) is 18.2 Å². The normalized spacial score (nSPS) is 9.87. The summed E-state index contributed by atoms with van der Waals surface area (Å²) in [7, 11) is 0. The molecule has 0 aliphatic heterocycles. The summed E-state index contributed by atoms with van der Waals surface area (Å²) in [6.07, 6.45) is 2.96. The fraction of sp³-hybridized carbons (Fsp3) is 0. The highest BCUT2D eigenvalue weighted by Gasteiger charge is 2.12. The second-order valence-electron chi connectivity index (χ2n) is 2.73. The molecule has 6 nitrogen and oxygen atoms in total. The van der Waals surface area contributed by atoms with Gasteiger partial charge in [0, 0.05) is 5.18 Å². The lowest BCUT2D eigenvalue weighted by Gasteiger charge is -2.02. The maximum absolute atomic E-state index is 11.2. The Morgan fingerprint density at radius 1 is 1.20 bits per heavy atom. The molecule has 15 heavy (non-hydrogen) atoms. The number of hydrogen-bond donors (Lipinski definition) is 0. The average Bonchev–Trinajstić information content (AvgIpc) is 2.81. The third-order valence-electron chi connectivity index (χ3n) is 1.85. The van der Waals surface area contributed by atoms with Crippen LogP contribution in [0.5, 0.6) is 0 Å². The van der Waals surface area contributed by atoms with Gasteiger partial charge in [-0.15, -0.1) is 4.91 Å². The smallest absolute Gasteiger partial charge is 0.263 e. The predicted octanol–water partition coefficient (Wildman–Crippen LogP) is 1.17. The Balaban J connectivity index is 2.57. The Kier molecular flexibility index (Phi) is 2.32. The van der Waals surface area contributed by atoms with Crippen LogP contribution in [-0.4, -0.2) is 20.9 Å². The minimum absolute atomic E-state index is 0.184. The van der Waals surface area contributed by atoms with E-state index in [0.29, 0.717) is 5.69 Å². The standard InChI is InChI=1S/C9H6N4O2/c14-9(12-15)7-3-1-2-4-8(7)13-10-5-6-11-13/h1-6H. The van der Waals surface area contributed by atoms with Gasteiger partial charge >= 0.3 is 5.91 Å². The van der Waals surface area contributed by atoms with Crippen molar-refractivity contribution >= 4 is 5.91 Å². The quantitative estimate of drug-likeness (QED) is 0.685. The molecule has 0 unspecified atom stereocenters. The highest BCUT2D eigenvalue weighted by molar-refractivity contribution is 5.98. The molecule has 2 aromatic rings. The Hall–Kier alpha value is -2.37. The van der Waals surface area contributed by atoms with Gasteiger partial charge in [0.25, 0.3) is 0 Å². The monoisotopic (exact) mass is 202 g/mol. The Morgan fingerprint density at radius 2 is 1.87 bits per heavy atom. The first-order valence-corrected chi connectivity index (χ1v) is 4.16. The second kappa shape index (κ2) is 3.79. The average molecular weight is 202 g/mol. The molecule has 1 aromatic carbocycles. The molecule has 0 aliphatic rings. The number of carbonyl (C=O) groups is 1. The van der Waals surface area contributed by atoms with Crippen LogP contribution >= 0.6 is 0 Å². The van der Waals surface area contributed by atoms with Gasteiger partial charge in [-0.05, 0) is 12.1 Å². The van der Waals surface area contributed by atoms with Crippen LogP contribution in [0.1, 0.15) is 10.4 Å². The number of nitroso groups, excluding NO2 is 1. The van der Waals surface area contributed by atoms with Crippen LogP contribution in [0.25, 0.3) is 5.69 Å². The van der Waals surface area contributed by atoms with Gasteiger partial charge in [0.15, 0.2) is 0 Å². The number of benzene rings is 1. The van der Waals surface area contributed by atoms with E-state index in [9.17, 15) is 9.70 Å². The van der Waals surface area contributed by atoms with E-state index in [1.807, 2.05) is 0 Å². The van der Waals surface area contributed by atoms with E-state index in [1.165, 1.54) is 23.3 Å². The SMILES string of the molecule is O=NC(=O)c1ccccc1-n1nccn1. The lowest BCUT2D eigenvalue weighted by atomic mass is 10.2. The summed E-state index contributed by atoms with van der Waals surface area (Å²) in [5.41, 5.74) is 0.621. The van der Waals surface area contributed by atoms with Crippen molar-refractivity contribution in [2.24, 2.45) is 5.18 Å². The Labute approximate surface area is 84.5 Å². The summed E-state index contributed by atoms with van der Waals surface area (Å²) in [5, 5.41) is 10.1. The van der Waals surface area contributed by atoms with Crippen molar-refractivity contribution in [3.8, 4) is 5.69 Å². The zero-order valence-electron chi connectivity index (χ0n) is 7.57. The summed E-state index contributed by atoms with van der Waals surface area (Å²) < 4.78 is 0. The van der Waals surface area contributed by atoms with Gasteiger partial charge in [-0.25, -0.2) is 0 Å². The van der Waals surface area contributed by atoms with Crippen LogP contribution in [0.4, 0.5) is 0 Å².